The number of hydrogen-bond donors (Lipinski definition) is 1. The monoisotopic (exact) mass is 288 g/mol. The molecule has 1 saturated heterocycles. The van der Waals surface area contributed by atoms with Gasteiger partial charge in [-0.05, 0) is 51.8 Å². The van der Waals surface area contributed by atoms with Crippen molar-refractivity contribution in [3.05, 3.63) is 41.7 Å². The fraction of sp³-hybridized carbons (Fsp3) is 0.529. The zero-order valence-corrected chi connectivity index (χ0v) is 12.9. The molecule has 1 aromatic rings. The van der Waals surface area contributed by atoms with Crippen molar-refractivity contribution < 1.29 is 9.90 Å². The van der Waals surface area contributed by atoms with Crippen LogP contribution >= 0.6 is 0 Å². The summed E-state index contributed by atoms with van der Waals surface area (Å²) in [5, 5.41) is 9.71. The van der Waals surface area contributed by atoms with Crippen LogP contribution in [0.1, 0.15) is 38.8 Å². The number of hydrogen-bond acceptors (Lipinski definition) is 3. The Balaban J connectivity index is 2.09. The molecule has 0 radical (unpaired) electrons. The summed E-state index contributed by atoms with van der Waals surface area (Å²) in [6.45, 7) is 6.31. The van der Waals surface area contributed by atoms with Crippen molar-refractivity contribution in [3.8, 4) is 0 Å². The van der Waals surface area contributed by atoms with Gasteiger partial charge in [-0.25, -0.2) is 0 Å². The van der Waals surface area contributed by atoms with E-state index in [0.717, 1.165) is 31.6 Å². The summed E-state index contributed by atoms with van der Waals surface area (Å²) in [6, 6.07) is 5.86. The van der Waals surface area contributed by atoms with Crippen LogP contribution in [0.15, 0.2) is 36.0 Å². The lowest BCUT2D eigenvalue weighted by molar-refractivity contribution is -0.152. The van der Waals surface area contributed by atoms with Gasteiger partial charge in [0, 0.05) is 19.3 Å². The molecule has 0 spiro atoms. The molecule has 0 saturated carbocycles. The summed E-state index contributed by atoms with van der Waals surface area (Å²) in [5.41, 5.74) is 1.53. The van der Waals surface area contributed by atoms with Crippen LogP contribution in [0.3, 0.4) is 0 Å². The SMILES string of the molecule is CC(C)=CC[C@@]1(C(=O)O)CCCN(Cc2ccccn2)C1. The fourth-order valence-electron chi connectivity index (χ4n) is 2.91. The van der Waals surface area contributed by atoms with Crippen LogP contribution in [0.4, 0.5) is 0 Å². The van der Waals surface area contributed by atoms with E-state index >= 15 is 0 Å². The van der Waals surface area contributed by atoms with Gasteiger partial charge in [-0.1, -0.05) is 17.7 Å². The number of piperidine rings is 1. The van der Waals surface area contributed by atoms with E-state index in [1.165, 1.54) is 5.57 Å². The largest absolute Gasteiger partial charge is 0.481 e. The van der Waals surface area contributed by atoms with E-state index < -0.39 is 11.4 Å². The second-order valence-electron chi connectivity index (χ2n) is 6.21. The summed E-state index contributed by atoms with van der Waals surface area (Å²) in [7, 11) is 0. The highest BCUT2D eigenvalue weighted by Gasteiger charge is 2.41. The van der Waals surface area contributed by atoms with E-state index in [9.17, 15) is 9.90 Å². The fourth-order valence-corrected chi connectivity index (χ4v) is 2.91. The lowest BCUT2D eigenvalue weighted by Crippen LogP contribution is -2.47. The van der Waals surface area contributed by atoms with Crippen LogP contribution in [-0.2, 0) is 11.3 Å². The maximum atomic E-state index is 11.8. The summed E-state index contributed by atoms with van der Waals surface area (Å²) in [4.78, 5) is 18.4. The summed E-state index contributed by atoms with van der Waals surface area (Å²) in [6.07, 6.45) is 6.13. The Morgan fingerprint density at radius 1 is 1.48 bits per heavy atom. The molecule has 1 aliphatic rings. The molecule has 2 rings (SSSR count). The summed E-state index contributed by atoms with van der Waals surface area (Å²) < 4.78 is 0. The molecule has 1 aromatic heterocycles. The van der Waals surface area contributed by atoms with Gasteiger partial charge < -0.3 is 5.11 Å². The molecular weight excluding hydrogens is 264 g/mol. The zero-order valence-electron chi connectivity index (χ0n) is 12.9. The predicted molar refractivity (Wildman–Crippen MR) is 82.9 cm³/mol. The minimum atomic E-state index is -0.675. The molecular formula is C17H24N2O2. The average Bonchev–Trinajstić information content (AvgIpc) is 2.46. The molecule has 0 aromatic carbocycles. The van der Waals surface area contributed by atoms with Crippen LogP contribution in [0, 0.1) is 5.41 Å². The number of pyridine rings is 1. The number of carboxylic acids is 1. The number of likely N-dealkylation sites (tertiary alicyclic amines) is 1. The van der Waals surface area contributed by atoms with Crippen molar-refractivity contribution in [3.63, 3.8) is 0 Å². The first-order valence-electron chi connectivity index (χ1n) is 7.51. The van der Waals surface area contributed by atoms with Crippen molar-refractivity contribution in [2.45, 2.75) is 39.7 Å². The number of aliphatic carboxylic acids is 1. The highest BCUT2D eigenvalue weighted by atomic mass is 16.4. The highest BCUT2D eigenvalue weighted by molar-refractivity contribution is 5.75. The third-order valence-corrected chi connectivity index (χ3v) is 4.12. The van der Waals surface area contributed by atoms with E-state index in [1.807, 2.05) is 32.0 Å². The van der Waals surface area contributed by atoms with E-state index in [2.05, 4.69) is 16.0 Å². The van der Waals surface area contributed by atoms with E-state index in [-0.39, 0.29) is 0 Å². The molecule has 0 aliphatic carbocycles. The average molecular weight is 288 g/mol. The van der Waals surface area contributed by atoms with Crippen molar-refractivity contribution in [1.82, 2.24) is 9.88 Å². The third-order valence-electron chi connectivity index (χ3n) is 4.12. The number of carboxylic acid groups (broad SMARTS) is 1. The van der Waals surface area contributed by atoms with Crippen molar-refractivity contribution in [2.24, 2.45) is 5.41 Å². The van der Waals surface area contributed by atoms with Crippen molar-refractivity contribution in [1.29, 1.82) is 0 Å². The molecule has 4 nitrogen and oxygen atoms in total. The van der Waals surface area contributed by atoms with Gasteiger partial charge >= 0.3 is 5.97 Å². The molecule has 1 atom stereocenters. The molecule has 1 aliphatic heterocycles. The van der Waals surface area contributed by atoms with Gasteiger partial charge in [-0.2, -0.15) is 0 Å². The highest BCUT2D eigenvalue weighted by Crippen LogP contribution is 2.35. The minimum absolute atomic E-state index is 0.600. The number of rotatable bonds is 5. The van der Waals surface area contributed by atoms with Crippen LogP contribution in [0.5, 0.6) is 0 Å². The molecule has 0 bridgehead atoms. The van der Waals surface area contributed by atoms with Gasteiger partial charge in [-0.15, -0.1) is 0 Å². The van der Waals surface area contributed by atoms with Gasteiger partial charge in [0.25, 0.3) is 0 Å². The Morgan fingerprint density at radius 2 is 2.29 bits per heavy atom. The van der Waals surface area contributed by atoms with Gasteiger partial charge in [-0.3, -0.25) is 14.7 Å². The Labute approximate surface area is 126 Å². The van der Waals surface area contributed by atoms with Crippen LogP contribution < -0.4 is 0 Å². The van der Waals surface area contributed by atoms with Crippen molar-refractivity contribution >= 4 is 5.97 Å². The molecule has 4 heteroatoms. The molecule has 1 N–H and O–H groups in total. The third kappa shape index (κ3) is 4.14. The van der Waals surface area contributed by atoms with Crippen LogP contribution in [-0.4, -0.2) is 34.0 Å². The van der Waals surface area contributed by atoms with E-state index in [0.29, 0.717) is 13.0 Å². The summed E-state index contributed by atoms with van der Waals surface area (Å²) >= 11 is 0. The number of aromatic nitrogens is 1. The molecule has 0 unspecified atom stereocenters. The Hall–Kier alpha value is -1.68. The molecule has 114 valence electrons. The van der Waals surface area contributed by atoms with Gasteiger partial charge in [0.15, 0.2) is 0 Å². The molecule has 0 amide bonds. The number of carbonyl (C=O) groups is 1. The quantitative estimate of drug-likeness (QED) is 0.846. The van der Waals surface area contributed by atoms with Crippen LogP contribution in [0.2, 0.25) is 0 Å². The first kappa shape index (κ1) is 15.7. The van der Waals surface area contributed by atoms with Crippen molar-refractivity contribution in [2.75, 3.05) is 13.1 Å². The topological polar surface area (TPSA) is 53.4 Å². The lowest BCUT2D eigenvalue weighted by atomic mass is 9.76. The molecule has 21 heavy (non-hydrogen) atoms. The molecule has 1 fully saturated rings. The van der Waals surface area contributed by atoms with E-state index in [4.69, 9.17) is 0 Å². The van der Waals surface area contributed by atoms with Gasteiger partial charge in [0.2, 0.25) is 0 Å². The van der Waals surface area contributed by atoms with Gasteiger partial charge in [0.1, 0.15) is 0 Å². The zero-order chi connectivity index (χ0) is 15.3. The Kier molecular flexibility index (Phi) is 5.12. The minimum Gasteiger partial charge on any atom is -0.481 e. The van der Waals surface area contributed by atoms with E-state index in [1.54, 1.807) is 6.20 Å². The Morgan fingerprint density at radius 3 is 2.90 bits per heavy atom. The Bertz CT molecular complexity index is 509. The van der Waals surface area contributed by atoms with Crippen LogP contribution in [0.25, 0.3) is 0 Å². The number of nitrogens with zero attached hydrogens (tertiary/aromatic N) is 2. The predicted octanol–water partition coefficient (Wildman–Crippen LogP) is 3.10. The second kappa shape index (κ2) is 6.85. The maximum Gasteiger partial charge on any atom is 0.311 e. The first-order valence-corrected chi connectivity index (χ1v) is 7.51. The smallest absolute Gasteiger partial charge is 0.311 e. The molecule has 2 heterocycles. The second-order valence-corrected chi connectivity index (χ2v) is 6.21. The summed E-state index contributed by atoms with van der Waals surface area (Å²) in [5.74, 6) is -0.675. The van der Waals surface area contributed by atoms with Gasteiger partial charge in [0.05, 0.1) is 11.1 Å². The standard InChI is InChI=1S/C17H24N2O2/c1-14(2)7-9-17(16(20)21)8-5-11-19(13-17)12-15-6-3-4-10-18-15/h3-4,6-7,10H,5,8-9,11-13H2,1-2H3,(H,20,21)/t17-/m0/s1. The normalized spacial score (nSPS) is 22.8. The lowest BCUT2D eigenvalue weighted by Gasteiger charge is -2.39. The number of allylic oxidation sites excluding steroid dienone is 2. The first-order chi connectivity index (χ1) is 10.0. The maximum absolute atomic E-state index is 11.8.